The Labute approximate surface area is 163 Å². The molecule has 0 aliphatic heterocycles. The number of anilines is 1. The first kappa shape index (κ1) is 20.1. The molecule has 0 amide bonds. The molecule has 2 aromatic rings. The van der Waals surface area contributed by atoms with E-state index in [9.17, 15) is 9.18 Å². The lowest BCUT2D eigenvalue weighted by Crippen LogP contribution is -2.22. The van der Waals surface area contributed by atoms with Crippen LogP contribution >= 0.6 is 15.9 Å². The quantitative estimate of drug-likeness (QED) is 0.304. The summed E-state index contributed by atoms with van der Waals surface area (Å²) in [7, 11) is 1.97. The molecule has 0 aliphatic rings. The maximum absolute atomic E-state index is 14.0. The zero-order valence-electron chi connectivity index (χ0n) is 15.3. The summed E-state index contributed by atoms with van der Waals surface area (Å²) in [4.78, 5) is 13.5. The number of rotatable bonds is 7. The van der Waals surface area contributed by atoms with Crippen molar-refractivity contribution in [3.63, 3.8) is 0 Å². The van der Waals surface area contributed by atoms with Crippen LogP contribution in [0.4, 0.5) is 10.1 Å². The Balaban J connectivity index is 2.46. The normalized spacial score (nSPS) is 13.0. The van der Waals surface area contributed by atoms with Gasteiger partial charge < -0.3 is 4.90 Å². The first-order valence-corrected chi connectivity index (χ1v) is 9.23. The molecule has 0 aliphatic carbocycles. The molecule has 26 heavy (non-hydrogen) atoms. The molecule has 2 rings (SSSR count). The summed E-state index contributed by atoms with van der Waals surface area (Å²) < 4.78 is 14.7. The Hall–Kier alpha value is -2.20. The predicted molar refractivity (Wildman–Crippen MR) is 111 cm³/mol. The highest BCUT2D eigenvalue weighted by molar-refractivity contribution is 9.15. The van der Waals surface area contributed by atoms with Crippen LogP contribution in [0.1, 0.15) is 36.1 Å². The smallest absolute Gasteiger partial charge is 0.147 e. The molecule has 0 bridgehead atoms. The number of para-hydroxylation sites is 1. The lowest BCUT2D eigenvalue weighted by atomic mass is 10.0. The molecule has 2 aromatic carbocycles. The zero-order valence-corrected chi connectivity index (χ0v) is 16.9. The van der Waals surface area contributed by atoms with Crippen molar-refractivity contribution in [1.29, 1.82) is 0 Å². The lowest BCUT2D eigenvalue weighted by Gasteiger charge is -2.30. The monoisotopic (exact) mass is 415 g/mol. The van der Waals surface area contributed by atoms with Gasteiger partial charge in [-0.1, -0.05) is 36.4 Å². The summed E-state index contributed by atoms with van der Waals surface area (Å²) in [6.07, 6.45) is 3.04. The van der Waals surface area contributed by atoms with E-state index in [1.54, 1.807) is 25.1 Å². The Morgan fingerprint density at radius 3 is 2.62 bits per heavy atom. The van der Waals surface area contributed by atoms with Crippen LogP contribution in [0.25, 0.3) is 4.48 Å². The minimum atomic E-state index is -0.202. The maximum Gasteiger partial charge on any atom is 0.147 e. The fraction of sp³-hybridized carbons (Fsp3) is 0.227. The minimum absolute atomic E-state index is 0.0364. The van der Waals surface area contributed by atoms with Crippen molar-refractivity contribution in [1.82, 2.24) is 0 Å². The molecule has 1 unspecified atom stereocenters. The third-order valence-electron chi connectivity index (χ3n) is 4.57. The van der Waals surface area contributed by atoms with Crippen molar-refractivity contribution >= 4 is 32.4 Å². The van der Waals surface area contributed by atoms with Crippen LogP contribution in [0.3, 0.4) is 0 Å². The summed E-state index contributed by atoms with van der Waals surface area (Å²) in [6.45, 7) is 7.49. The van der Waals surface area contributed by atoms with Crippen LogP contribution < -0.4 is 4.90 Å². The lowest BCUT2D eigenvalue weighted by molar-refractivity contribution is -0.104. The highest BCUT2D eigenvalue weighted by Gasteiger charge is 2.18. The SMILES string of the molecule is C=CC/C(C=O)=C(/Br)c1ccccc1N(C)C(C)c1ccc(C)c(F)c1. The number of allylic oxidation sites excluding steroid dienone is 2. The van der Waals surface area contributed by atoms with Gasteiger partial charge in [0.15, 0.2) is 0 Å². The maximum atomic E-state index is 14.0. The third-order valence-corrected chi connectivity index (χ3v) is 5.50. The number of aryl methyl sites for hydroxylation is 1. The minimum Gasteiger partial charge on any atom is -0.367 e. The average molecular weight is 416 g/mol. The number of nitrogens with zero attached hydrogens (tertiary/aromatic N) is 1. The van der Waals surface area contributed by atoms with E-state index < -0.39 is 0 Å². The topological polar surface area (TPSA) is 20.3 Å². The van der Waals surface area contributed by atoms with Gasteiger partial charge in [0.2, 0.25) is 0 Å². The molecule has 4 heteroatoms. The van der Waals surface area contributed by atoms with E-state index in [1.807, 2.05) is 44.3 Å². The molecular formula is C22H23BrFNO. The van der Waals surface area contributed by atoms with Crippen LogP contribution in [-0.2, 0) is 4.79 Å². The third kappa shape index (κ3) is 4.31. The van der Waals surface area contributed by atoms with Gasteiger partial charge in [-0.25, -0.2) is 4.39 Å². The Kier molecular flexibility index (Phi) is 6.92. The number of carbonyl (C=O) groups is 1. The van der Waals surface area contributed by atoms with E-state index >= 15 is 0 Å². The highest BCUT2D eigenvalue weighted by Crippen LogP contribution is 2.36. The van der Waals surface area contributed by atoms with Gasteiger partial charge in [0.1, 0.15) is 12.1 Å². The molecule has 1 atom stereocenters. The van der Waals surface area contributed by atoms with Gasteiger partial charge in [0.25, 0.3) is 0 Å². The number of benzene rings is 2. The fourth-order valence-electron chi connectivity index (χ4n) is 2.79. The molecule has 0 radical (unpaired) electrons. The first-order valence-electron chi connectivity index (χ1n) is 8.43. The van der Waals surface area contributed by atoms with Crippen LogP contribution in [-0.4, -0.2) is 13.3 Å². The highest BCUT2D eigenvalue weighted by atomic mass is 79.9. The van der Waals surface area contributed by atoms with E-state index in [-0.39, 0.29) is 11.9 Å². The Bertz CT molecular complexity index is 844. The van der Waals surface area contributed by atoms with Crippen LogP contribution in [0.5, 0.6) is 0 Å². The van der Waals surface area contributed by atoms with Gasteiger partial charge in [-0.2, -0.15) is 0 Å². The van der Waals surface area contributed by atoms with Crippen molar-refractivity contribution in [2.75, 3.05) is 11.9 Å². The predicted octanol–water partition coefficient (Wildman–Crippen LogP) is 6.21. The van der Waals surface area contributed by atoms with Gasteiger partial charge in [0, 0.05) is 28.4 Å². The molecular weight excluding hydrogens is 393 g/mol. The van der Waals surface area contributed by atoms with E-state index in [0.29, 0.717) is 17.6 Å². The number of aldehydes is 1. The van der Waals surface area contributed by atoms with Crippen molar-refractivity contribution < 1.29 is 9.18 Å². The largest absolute Gasteiger partial charge is 0.367 e. The average Bonchev–Trinajstić information content (AvgIpc) is 2.66. The van der Waals surface area contributed by atoms with E-state index in [1.165, 1.54) is 0 Å². The van der Waals surface area contributed by atoms with Gasteiger partial charge in [0.05, 0.1) is 6.04 Å². The van der Waals surface area contributed by atoms with Crippen molar-refractivity contribution in [2.24, 2.45) is 0 Å². The second-order valence-corrected chi connectivity index (χ2v) is 7.06. The molecule has 0 aromatic heterocycles. The van der Waals surface area contributed by atoms with Gasteiger partial charge in [-0.3, -0.25) is 4.79 Å². The molecule has 0 saturated heterocycles. The zero-order chi connectivity index (χ0) is 19.3. The molecule has 0 fully saturated rings. The summed E-state index contributed by atoms with van der Waals surface area (Å²) in [6, 6.07) is 13.1. The fourth-order valence-corrected chi connectivity index (χ4v) is 3.38. The van der Waals surface area contributed by atoms with E-state index in [4.69, 9.17) is 0 Å². The van der Waals surface area contributed by atoms with E-state index in [0.717, 1.165) is 27.6 Å². The van der Waals surface area contributed by atoms with Gasteiger partial charge >= 0.3 is 0 Å². The summed E-state index contributed by atoms with van der Waals surface area (Å²) in [5.41, 5.74) is 4.03. The van der Waals surface area contributed by atoms with Crippen molar-refractivity contribution in [2.45, 2.75) is 26.3 Å². The number of hydrogen-bond acceptors (Lipinski definition) is 2. The molecule has 0 saturated carbocycles. The molecule has 0 heterocycles. The van der Waals surface area contributed by atoms with Gasteiger partial charge in [-0.15, -0.1) is 6.58 Å². The van der Waals surface area contributed by atoms with Crippen LogP contribution in [0, 0.1) is 12.7 Å². The Morgan fingerprint density at radius 1 is 1.31 bits per heavy atom. The van der Waals surface area contributed by atoms with Gasteiger partial charge in [-0.05, 0) is 59.5 Å². The molecule has 0 spiro atoms. The Morgan fingerprint density at radius 2 is 2.00 bits per heavy atom. The van der Waals surface area contributed by atoms with Crippen LogP contribution in [0.2, 0.25) is 0 Å². The summed E-state index contributed by atoms with van der Waals surface area (Å²) in [5, 5.41) is 0. The van der Waals surface area contributed by atoms with Crippen LogP contribution in [0.15, 0.2) is 60.7 Å². The molecule has 0 N–H and O–H groups in total. The standard InChI is InChI=1S/C22H23BrFNO/c1-5-8-18(14-26)22(23)19-9-6-7-10-21(19)25(4)16(3)17-12-11-15(2)20(24)13-17/h5-7,9-14,16H,1,8H2,2-4H3/b22-18-. The van der Waals surface area contributed by atoms with Crippen molar-refractivity contribution in [3.8, 4) is 0 Å². The second kappa shape index (κ2) is 8.95. The first-order chi connectivity index (χ1) is 12.4. The number of carbonyl (C=O) groups excluding carboxylic acids is 1. The van der Waals surface area contributed by atoms with E-state index in [2.05, 4.69) is 27.4 Å². The summed E-state index contributed by atoms with van der Waals surface area (Å²) >= 11 is 3.57. The van der Waals surface area contributed by atoms with Crippen molar-refractivity contribution in [3.05, 3.63) is 83.2 Å². The molecule has 2 nitrogen and oxygen atoms in total. The molecule has 136 valence electrons. The second-order valence-electron chi connectivity index (χ2n) is 6.26. The number of hydrogen-bond donors (Lipinski definition) is 0. The summed E-state index contributed by atoms with van der Waals surface area (Å²) in [5.74, 6) is -0.202. The number of halogens is 2.